The number of rotatable bonds is 9. The third-order valence-electron chi connectivity index (χ3n) is 18.6. The molecule has 0 saturated carbocycles. The molecule has 0 spiro atoms. The van der Waals surface area contributed by atoms with E-state index in [4.69, 9.17) is 4.11 Å². The summed E-state index contributed by atoms with van der Waals surface area (Å²) in [6.45, 7) is 13.4. The van der Waals surface area contributed by atoms with Crippen LogP contribution in [0.4, 0.5) is 34.1 Å². The van der Waals surface area contributed by atoms with Crippen LogP contribution in [0.1, 0.15) is 59.5 Å². The highest BCUT2D eigenvalue weighted by molar-refractivity contribution is 7.00. The zero-order valence-electron chi connectivity index (χ0n) is 56.4. The molecule has 3 nitrogen and oxygen atoms in total. The van der Waals surface area contributed by atoms with Gasteiger partial charge < -0.3 is 14.8 Å². The van der Waals surface area contributed by atoms with Crippen LogP contribution in [-0.4, -0.2) is 11.7 Å². The number of anilines is 6. The van der Waals surface area contributed by atoms with Gasteiger partial charge in [0.25, 0.3) is 6.71 Å². The number of fused-ring (bicyclic) bond motifs is 8. The Balaban J connectivity index is 1.03. The zero-order valence-corrected chi connectivity index (χ0v) is 51.4. The van der Waals surface area contributed by atoms with Crippen molar-refractivity contribution in [2.24, 2.45) is 0 Å². The van der Waals surface area contributed by atoms with E-state index in [0.29, 0.717) is 5.56 Å². The van der Waals surface area contributed by atoms with Crippen LogP contribution in [0.2, 0.25) is 0 Å². The van der Waals surface area contributed by atoms with Crippen LogP contribution < -0.4 is 26.2 Å². The number of benzene rings is 13. The second kappa shape index (κ2) is 21.6. The first-order valence-corrected chi connectivity index (χ1v) is 31.3. The number of nitrogens with zero attached hydrogens (tertiary/aromatic N) is 2. The monoisotopic (exact) mass is 1160 g/mol. The average molecular weight is 1160 g/mol. The minimum Gasteiger partial charge on any atom is -0.354 e. The number of para-hydroxylation sites is 1. The van der Waals surface area contributed by atoms with Crippen molar-refractivity contribution in [3.05, 3.63) is 308 Å². The Labute approximate surface area is 536 Å². The summed E-state index contributed by atoms with van der Waals surface area (Å²) in [5, 5.41) is 2.17. The van der Waals surface area contributed by atoms with Gasteiger partial charge in [-0.1, -0.05) is 296 Å². The summed E-state index contributed by atoms with van der Waals surface area (Å²) in [7, 11) is 0. The van der Waals surface area contributed by atoms with Crippen molar-refractivity contribution in [1.29, 1.82) is 0 Å². The Kier molecular flexibility index (Phi) is 11.8. The topological polar surface area (TPSA) is 22.3 Å². The molecule has 0 radical (unpaired) electrons. The fourth-order valence-corrected chi connectivity index (χ4v) is 14.0. The standard InChI is InChI=1S/C86H68BN3/c1-85(2,3)65-50-64(51-66(54-65)86(4,5)6)63-43-49-76-79(53-63)90(68-46-40-60(41-47-68)57-26-13-8-14-27-57)84-81-74-37-23-36-73(72-35-22-21-34-71(72)70-33-20-19-32-69(70)61-30-17-10-18-31-61)83(74)88-77(81)55-80-82(84)87(76)75-48-42-62(58-28-15-9-16-29-58)52-78(75)89(80)67-44-38-59(39-45-67)56-24-11-7-12-25-56/h7-55,88H,1-6H3/i9D,15D,16D,28D,29D. The van der Waals surface area contributed by atoms with Crippen LogP contribution in [-0.2, 0) is 10.8 Å². The van der Waals surface area contributed by atoms with Gasteiger partial charge in [-0.15, -0.1) is 0 Å². The molecule has 0 saturated heterocycles. The van der Waals surface area contributed by atoms with Gasteiger partial charge in [0.1, 0.15) is 0 Å². The molecule has 0 fully saturated rings. The Morgan fingerprint density at radius 3 is 1.34 bits per heavy atom. The Morgan fingerprint density at radius 2 is 0.789 bits per heavy atom. The van der Waals surface area contributed by atoms with Crippen molar-refractivity contribution in [3.63, 3.8) is 0 Å². The van der Waals surface area contributed by atoms with Gasteiger partial charge in [0.2, 0.25) is 0 Å². The van der Waals surface area contributed by atoms with E-state index in [9.17, 15) is 2.74 Å². The Bertz CT molecular complexity index is 5320. The maximum absolute atomic E-state index is 9.35. The first-order chi connectivity index (χ1) is 46.0. The lowest BCUT2D eigenvalue weighted by molar-refractivity contribution is 0.569. The zero-order chi connectivity index (χ0) is 65.2. The smallest absolute Gasteiger partial charge is 0.252 e. The van der Waals surface area contributed by atoms with Crippen LogP contribution in [0.5, 0.6) is 0 Å². The molecule has 3 heterocycles. The first kappa shape index (κ1) is 49.3. The summed E-state index contributed by atoms with van der Waals surface area (Å²) in [6.07, 6.45) is 0. The lowest BCUT2D eigenvalue weighted by Gasteiger charge is -2.44. The summed E-state index contributed by atoms with van der Waals surface area (Å²) in [6, 6.07) is 94.8. The molecule has 0 atom stereocenters. The van der Waals surface area contributed by atoms with Crippen LogP contribution in [0.3, 0.4) is 0 Å². The van der Waals surface area contributed by atoms with E-state index in [0.717, 1.165) is 139 Å². The summed E-state index contributed by atoms with van der Waals surface area (Å²) < 4.78 is 45.1. The molecule has 16 rings (SSSR count). The van der Waals surface area contributed by atoms with Crippen LogP contribution in [0.15, 0.2) is 297 Å². The predicted molar refractivity (Wildman–Crippen MR) is 385 cm³/mol. The lowest BCUT2D eigenvalue weighted by atomic mass is 9.33. The second-order valence-electron chi connectivity index (χ2n) is 26.2. The SMILES string of the molecule is [2H]c1c([2H])c([2H])c(-c2ccc3c(c2)N(c2ccc(-c4ccccc4)cc2)c2cc4[nH]c5c(-c6ccccc6-c6ccccc6-c6ccccc6)cccc5c4c4c2B3c2ccc(-c3cc(C(C)(C)C)cc(C(C)(C)C)c3)cc2N4c2ccc(-c3ccccc3)cc2)c([2H])c1[2H]. The van der Waals surface area contributed by atoms with E-state index in [-0.39, 0.29) is 47.3 Å². The molecular formula is C86H68BN3. The van der Waals surface area contributed by atoms with Crippen molar-refractivity contribution in [2.75, 3.05) is 9.80 Å². The van der Waals surface area contributed by atoms with Gasteiger partial charge in [-0.2, -0.15) is 0 Å². The maximum Gasteiger partial charge on any atom is 0.252 e. The number of aromatic nitrogens is 1. The molecule has 0 amide bonds. The maximum atomic E-state index is 9.35. The van der Waals surface area contributed by atoms with Gasteiger partial charge in [0, 0.05) is 44.8 Å². The number of hydrogen-bond donors (Lipinski definition) is 1. The largest absolute Gasteiger partial charge is 0.354 e. The first-order valence-electron chi connectivity index (χ1n) is 33.8. The fraction of sp³-hybridized carbons (Fsp3) is 0.0930. The number of hydrogen-bond acceptors (Lipinski definition) is 2. The van der Waals surface area contributed by atoms with E-state index < -0.39 is 6.04 Å². The van der Waals surface area contributed by atoms with E-state index in [1.165, 1.54) is 11.1 Å². The Hall–Kier alpha value is -10.7. The highest BCUT2D eigenvalue weighted by atomic mass is 15.2. The van der Waals surface area contributed by atoms with Crippen molar-refractivity contribution >= 4 is 79.0 Å². The van der Waals surface area contributed by atoms with Gasteiger partial charge in [-0.05, 0) is 153 Å². The molecule has 1 aromatic heterocycles. The van der Waals surface area contributed by atoms with Crippen molar-refractivity contribution in [1.82, 2.24) is 4.98 Å². The third kappa shape index (κ3) is 9.36. The fourth-order valence-electron chi connectivity index (χ4n) is 14.0. The van der Waals surface area contributed by atoms with Crippen molar-refractivity contribution in [3.8, 4) is 77.9 Å². The molecule has 2 aliphatic rings. The molecule has 90 heavy (non-hydrogen) atoms. The molecule has 430 valence electrons. The second-order valence-corrected chi connectivity index (χ2v) is 26.2. The summed E-state index contributed by atoms with van der Waals surface area (Å²) in [4.78, 5) is 9.06. The normalized spacial score (nSPS) is 13.5. The van der Waals surface area contributed by atoms with Crippen molar-refractivity contribution < 1.29 is 6.85 Å². The summed E-state index contributed by atoms with van der Waals surface area (Å²) in [5.74, 6) is 0. The van der Waals surface area contributed by atoms with Gasteiger partial charge >= 0.3 is 0 Å². The molecule has 13 aromatic carbocycles. The predicted octanol–water partition coefficient (Wildman–Crippen LogP) is 21.7. The third-order valence-corrected chi connectivity index (χ3v) is 18.6. The van der Waals surface area contributed by atoms with Gasteiger partial charge in [-0.25, -0.2) is 0 Å². The highest BCUT2D eigenvalue weighted by Gasteiger charge is 2.45. The van der Waals surface area contributed by atoms with Crippen LogP contribution >= 0.6 is 0 Å². The van der Waals surface area contributed by atoms with E-state index in [2.05, 4.69) is 311 Å². The van der Waals surface area contributed by atoms with E-state index in [1.807, 2.05) is 12.1 Å². The van der Waals surface area contributed by atoms with E-state index >= 15 is 0 Å². The minimum atomic E-state index is -0.425. The molecule has 4 heteroatoms. The average Bonchev–Trinajstić information content (AvgIpc) is 1.67. The molecule has 1 N–H and O–H groups in total. The lowest BCUT2D eigenvalue weighted by Crippen LogP contribution is -2.61. The number of aromatic amines is 1. The van der Waals surface area contributed by atoms with Gasteiger partial charge in [0.05, 0.1) is 23.6 Å². The summed E-state index contributed by atoms with van der Waals surface area (Å²) in [5.41, 5.74) is 27.4. The molecule has 0 bridgehead atoms. The highest BCUT2D eigenvalue weighted by Crippen LogP contribution is 2.52. The summed E-state index contributed by atoms with van der Waals surface area (Å²) >= 11 is 0. The molecule has 14 aromatic rings. The van der Waals surface area contributed by atoms with Gasteiger partial charge in [-0.3, -0.25) is 0 Å². The number of nitrogens with one attached hydrogen (secondary N) is 1. The molecule has 0 unspecified atom stereocenters. The van der Waals surface area contributed by atoms with E-state index in [1.54, 1.807) is 0 Å². The quantitative estimate of drug-likeness (QED) is 0.146. The Morgan fingerprint density at radius 1 is 0.344 bits per heavy atom. The molecular weight excluding hydrogens is 1090 g/mol. The van der Waals surface area contributed by atoms with Crippen molar-refractivity contribution in [2.45, 2.75) is 52.4 Å². The van der Waals surface area contributed by atoms with Crippen LogP contribution in [0, 0.1) is 0 Å². The van der Waals surface area contributed by atoms with Crippen LogP contribution in [0.25, 0.3) is 99.7 Å². The molecule has 2 aliphatic heterocycles. The minimum absolute atomic E-state index is 0.120. The number of H-pyrrole nitrogens is 1. The van der Waals surface area contributed by atoms with Gasteiger partial charge in [0.15, 0.2) is 0 Å². The molecule has 0 aliphatic carbocycles.